The lowest BCUT2D eigenvalue weighted by molar-refractivity contribution is 0.0243. The van der Waals surface area contributed by atoms with Crippen LogP contribution in [-0.2, 0) is 4.74 Å². The molecular weight excluding hydrogens is 282 g/mol. The predicted octanol–water partition coefficient (Wildman–Crippen LogP) is 5.99. The SMILES string of the molecule is C/C1=C/C(C(C)C)c2c(C(C)C)nc(C)c(C)c2[C@H](C)O[C@@H]1C. The van der Waals surface area contributed by atoms with Crippen LogP contribution in [0.2, 0.25) is 0 Å². The summed E-state index contributed by atoms with van der Waals surface area (Å²) in [6.07, 6.45) is 2.68. The molecule has 0 aromatic carbocycles. The van der Waals surface area contributed by atoms with Gasteiger partial charge in [-0.05, 0) is 68.7 Å². The van der Waals surface area contributed by atoms with Gasteiger partial charge >= 0.3 is 0 Å². The number of allylic oxidation sites excluding steroid dienone is 1. The molecule has 2 heterocycles. The highest BCUT2D eigenvalue weighted by Gasteiger charge is 2.31. The largest absolute Gasteiger partial charge is 0.367 e. The zero-order chi connectivity index (χ0) is 17.5. The van der Waals surface area contributed by atoms with Crippen molar-refractivity contribution in [1.29, 1.82) is 0 Å². The molecule has 0 N–H and O–H groups in total. The van der Waals surface area contributed by atoms with E-state index in [0.717, 1.165) is 5.69 Å². The summed E-state index contributed by atoms with van der Waals surface area (Å²) in [4.78, 5) is 4.98. The Balaban J connectivity index is 2.85. The van der Waals surface area contributed by atoms with Crippen molar-refractivity contribution in [1.82, 2.24) is 4.98 Å². The molecule has 0 saturated carbocycles. The van der Waals surface area contributed by atoms with Crippen LogP contribution in [0.4, 0.5) is 0 Å². The Morgan fingerprint density at radius 2 is 1.57 bits per heavy atom. The average molecular weight is 316 g/mol. The maximum Gasteiger partial charge on any atom is 0.0811 e. The van der Waals surface area contributed by atoms with Gasteiger partial charge in [0.25, 0.3) is 0 Å². The Bertz CT molecular complexity index is 613. The summed E-state index contributed by atoms with van der Waals surface area (Å²) >= 11 is 0. The standard InChI is InChI=1S/C21H33NO/c1-11(2)18-10-13(5)16(8)23-17(9)19-14(6)15(7)22-21(12(3)4)20(18)19/h10-12,16-18H,1-9H3/b13-10-/t16-,17+,18?/m1/s1. The minimum absolute atomic E-state index is 0.101. The van der Waals surface area contributed by atoms with Crippen molar-refractivity contribution >= 4 is 0 Å². The second-order valence-electron chi connectivity index (χ2n) is 7.79. The molecule has 1 aliphatic rings. The van der Waals surface area contributed by atoms with Crippen LogP contribution in [0.15, 0.2) is 11.6 Å². The van der Waals surface area contributed by atoms with Gasteiger partial charge in [0.05, 0.1) is 12.2 Å². The third-order valence-electron chi connectivity index (χ3n) is 5.30. The Morgan fingerprint density at radius 3 is 2.09 bits per heavy atom. The molecule has 1 aliphatic heterocycles. The van der Waals surface area contributed by atoms with Crippen LogP contribution in [-0.4, -0.2) is 11.1 Å². The van der Waals surface area contributed by atoms with Crippen molar-refractivity contribution in [3.63, 3.8) is 0 Å². The molecule has 0 amide bonds. The molecule has 0 fully saturated rings. The topological polar surface area (TPSA) is 22.1 Å². The van der Waals surface area contributed by atoms with E-state index in [0.29, 0.717) is 17.8 Å². The summed E-state index contributed by atoms with van der Waals surface area (Å²) < 4.78 is 6.33. The minimum atomic E-state index is 0.101. The van der Waals surface area contributed by atoms with Crippen LogP contribution < -0.4 is 0 Å². The summed E-state index contributed by atoms with van der Waals surface area (Å²) in [7, 11) is 0. The van der Waals surface area contributed by atoms with Crippen LogP contribution in [0.25, 0.3) is 0 Å². The molecule has 2 nitrogen and oxygen atoms in total. The second kappa shape index (κ2) is 6.76. The fourth-order valence-corrected chi connectivity index (χ4v) is 3.68. The van der Waals surface area contributed by atoms with Gasteiger partial charge in [0.2, 0.25) is 0 Å². The lowest BCUT2D eigenvalue weighted by Gasteiger charge is -2.34. The summed E-state index contributed by atoms with van der Waals surface area (Å²) in [6.45, 7) is 20.0. The van der Waals surface area contributed by atoms with E-state index in [-0.39, 0.29) is 12.2 Å². The summed E-state index contributed by atoms with van der Waals surface area (Å²) in [5.74, 6) is 1.37. The second-order valence-corrected chi connectivity index (χ2v) is 7.79. The summed E-state index contributed by atoms with van der Waals surface area (Å²) in [6, 6.07) is 0. The number of fused-ring (bicyclic) bond motifs is 1. The molecule has 3 atom stereocenters. The third kappa shape index (κ3) is 3.38. The number of rotatable bonds is 2. The summed E-state index contributed by atoms with van der Waals surface area (Å²) in [5, 5.41) is 0. The molecule has 0 radical (unpaired) electrons. The quantitative estimate of drug-likeness (QED) is 0.626. The van der Waals surface area contributed by atoms with Crippen LogP contribution in [0.5, 0.6) is 0 Å². The molecule has 2 heteroatoms. The lowest BCUT2D eigenvalue weighted by Crippen LogP contribution is -2.24. The predicted molar refractivity (Wildman–Crippen MR) is 98.1 cm³/mol. The first-order valence-corrected chi connectivity index (χ1v) is 8.99. The van der Waals surface area contributed by atoms with Gasteiger partial charge in [-0.25, -0.2) is 0 Å². The fraction of sp³-hybridized carbons (Fsp3) is 0.667. The number of nitrogens with zero attached hydrogens (tertiary/aromatic N) is 1. The normalized spacial score (nSPS) is 27.4. The molecule has 0 saturated heterocycles. The van der Waals surface area contributed by atoms with Gasteiger partial charge in [-0.3, -0.25) is 4.98 Å². The van der Waals surface area contributed by atoms with Gasteiger partial charge in [-0.15, -0.1) is 0 Å². The van der Waals surface area contributed by atoms with Crippen LogP contribution in [0.3, 0.4) is 0 Å². The Labute approximate surface area is 142 Å². The molecule has 1 unspecified atom stereocenters. The number of hydrogen-bond donors (Lipinski definition) is 0. The smallest absolute Gasteiger partial charge is 0.0811 e. The van der Waals surface area contributed by atoms with Gasteiger partial charge < -0.3 is 4.74 Å². The van der Waals surface area contributed by atoms with E-state index in [4.69, 9.17) is 9.72 Å². The maximum atomic E-state index is 6.33. The molecular formula is C21H33NO. The van der Waals surface area contributed by atoms with Gasteiger partial charge in [0, 0.05) is 17.3 Å². The van der Waals surface area contributed by atoms with Crippen LogP contribution in [0.1, 0.15) is 94.5 Å². The minimum Gasteiger partial charge on any atom is -0.367 e. The molecule has 0 aliphatic carbocycles. The first kappa shape index (κ1) is 18.2. The monoisotopic (exact) mass is 315 g/mol. The summed E-state index contributed by atoms with van der Waals surface area (Å²) in [5.41, 5.74) is 7.79. The van der Waals surface area contributed by atoms with Gasteiger partial charge in [-0.2, -0.15) is 0 Å². The molecule has 2 rings (SSSR count). The van der Waals surface area contributed by atoms with Crippen molar-refractivity contribution < 1.29 is 4.74 Å². The average Bonchev–Trinajstić information content (AvgIpc) is 2.44. The molecule has 128 valence electrons. The maximum absolute atomic E-state index is 6.33. The van der Waals surface area contributed by atoms with Gasteiger partial charge in [0.1, 0.15) is 0 Å². The first-order chi connectivity index (χ1) is 10.6. The number of pyridine rings is 1. The van der Waals surface area contributed by atoms with Crippen LogP contribution >= 0.6 is 0 Å². The van der Waals surface area contributed by atoms with Gasteiger partial charge in [-0.1, -0.05) is 33.8 Å². The van der Waals surface area contributed by atoms with Crippen molar-refractivity contribution in [3.05, 3.63) is 39.7 Å². The number of aromatic nitrogens is 1. The molecule has 0 spiro atoms. The van der Waals surface area contributed by atoms with E-state index in [9.17, 15) is 0 Å². The first-order valence-electron chi connectivity index (χ1n) is 8.99. The molecule has 1 aromatic heterocycles. The highest BCUT2D eigenvalue weighted by atomic mass is 16.5. The van der Waals surface area contributed by atoms with Crippen molar-refractivity contribution in [2.75, 3.05) is 0 Å². The van der Waals surface area contributed by atoms with Gasteiger partial charge in [0.15, 0.2) is 0 Å². The lowest BCUT2D eigenvalue weighted by atomic mass is 9.78. The van der Waals surface area contributed by atoms with Crippen molar-refractivity contribution in [2.45, 2.75) is 86.4 Å². The van der Waals surface area contributed by atoms with Crippen molar-refractivity contribution in [3.8, 4) is 0 Å². The van der Waals surface area contributed by atoms with E-state index < -0.39 is 0 Å². The highest BCUT2D eigenvalue weighted by Crippen LogP contribution is 2.42. The van der Waals surface area contributed by atoms with Crippen molar-refractivity contribution in [2.24, 2.45) is 5.92 Å². The van der Waals surface area contributed by atoms with E-state index in [1.165, 1.54) is 28.0 Å². The highest BCUT2D eigenvalue weighted by molar-refractivity contribution is 5.47. The number of ether oxygens (including phenoxy) is 1. The fourth-order valence-electron chi connectivity index (χ4n) is 3.68. The Morgan fingerprint density at radius 1 is 0.957 bits per heavy atom. The zero-order valence-corrected chi connectivity index (χ0v) is 16.3. The van der Waals surface area contributed by atoms with E-state index in [2.05, 4.69) is 68.4 Å². The Hall–Kier alpha value is -1.15. The number of hydrogen-bond acceptors (Lipinski definition) is 2. The third-order valence-corrected chi connectivity index (χ3v) is 5.30. The van der Waals surface area contributed by atoms with E-state index in [1.807, 2.05) is 0 Å². The zero-order valence-electron chi connectivity index (χ0n) is 16.3. The van der Waals surface area contributed by atoms with E-state index in [1.54, 1.807) is 0 Å². The molecule has 1 aromatic rings. The molecule has 0 bridgehead atoms. The van der Waals surface area contributed by atoms with Crippen LogP contribution in [0, 0.1) is 19.8 Å². The number of aryl methyl sites for hydroxylation is 1. The Kier molecular flexibility index (Phi) is 5.35. The molecule has 23 heavy (non-hydrogen) atoms. The van der Waals surface area contributed by atoms with E-state index >= 15 is 0 Å².